The van der Waals surface area contributed by atoms with Crippen LogP contribution in [0.4, 0.5) is 0 Å². The van der Waals surface area contributed by atoms with Crippen molar-refractivity contribution in [1.82, 2.24) is 4.90 Å². The molecule has 4 rings (SSSR count). The molecule has 0 radical (unpaired) electrons. The third-order valence-electron chi connectivity index (χ3n) is 4.75. The van der Waals surface area contributed by atoms with Crippen molar-refractivity contribution in [3.05, 3.63) is 52.5 Å². The number of hydrogen-bond donors (Lipinski definition) is 2. The molecule has 1 aliphatic carbocycles. The maximum atomic E-state index is 12.8. The SMILES string of the molecule is CCO/C(O)=C1/C(=O)N2C=NC3=C(CCCc4ccccc43)C2=NC1N. The van der Waals surface area contributed by atoms with E-state index in [4.69, 9.17) is 10.5 Å². The average Bonchev–Trinajstić information content (AvgIpc) is 2.81. The summed E-state index contributed by atoms with van der Waals surface area (Å²) in [5.74, 6) is -0.425. The molecule has 0 saturated heterocycles. The first kappa shape index (κ1) is 16.5. The molecule has 1 aromatic rings. The van der Waals surface area contributed by atoms with Gasteiger partial charge in [0.15, 0.2) is 0 Å². The zero-order valence-electron chi connectivity index (χ0n) is 14.5. The molecule has 0 fully saturated rings. The minimum atomic E-state index is -0.973. The summed E-state index contributed by atoms with van der Waals surface area (Å²) in [4.78, 5) is 23.2. The number of aliphatic hydroxyl groups is 1. The third-order valence-corrected chi connectivity index (χ3v) is 4.75. The number of benzene rings is 1. The van der Waals surface area contributed by atoms with Crippen molar-refractivity contribution >= 4 is 23.8 Å². The third kappa shape index (κ3) is 2.52. The molecule has 7 heteroatoms. The predicted octanol–water partition coefficient (Wildman–Crippen LogP) is 2.11. The van der Waals surface area contributed by atoms with Crippen molar-refractivity contribution in [2.24, 2.45) is 15.7 Å². The van der Waals surface area contributed by atoms with Crippen molar-refractivity contribution in [3.63, 3.8) is 0 Å². The molecule has 2 heterocycles. The summed E-state index contributed by atoms with van der Waals surface area (Å²) < 4.78 is 5.06. The van der Waals surface area contributed by atoms with Gasteiger partial charge in [0, 0.05) is 11.1 Å². The Balaban J connectivity index is 1.84. The van der Waals surface area contributed by atoms with Crippen LogP contribution in [0.25, 0.3) is 5.70 Å². The van der Waals surface area contributed by atoms with Gasteiger partial charge < -0.3 is 15.6 Å². The number of carbonyl (C=O) groups is 1. The van der Waals surface area contributed by atoms with E-state index < -0.39 is 18.0 Å². The van der Waals surface area contributed by atoms with Crippen LogP contribution in [-0.4, -0.2) is 40.9 Å². The van der Waals surface area contributed by atoms with E-state index in [-0.39, 0.29) is 12.2 Å². The first-order chi connectivity index (χ1) is 12.6. The monoisotopic (exact) mass is 352 g/mol. The van der Waals surface area contributed by atoms with Crippen molar-refractivity contribution in [2.75, 3.05) is 6.61 Å². The van der Waals surface area contributed by atoms with E-state index in [1.807, 2.05) is 18.2 Å². The Morgan fingerprint density at radius 2 is 2.19 bits per heavy atom. The van der Waals surface area contributed by atoms with Crippen molar-refractivity contribution in [3.8, 4) is 0 Å². The van der Waals surface area contributed by atoms with Gasteiger partial charge in [-0.05, 0) is 31.7 Å². The highest BCUT2D eigenvalue weighted by Crippen LogP contribution is 2.36. The highest BCUT2D eigenvalue weighted by molar-refractivity contribution is 6.25. The summed E-state index contributed by atoms with van der Waals surface area (Å²) >= 11 is 0. The molecule has 26 heavy (non-hydrogen) atoms. The van der Waals surface area contributed by atoms with Gasteiger partial charge in [-0.2, -0.15) is 0 Å². The predicted molar refractivity (Wildman–Crippen MR) is 98.3 cm³/mol. The number of nitrogens with zero attached hydrogens (tertiary/aromatic N) is 3. The number of aryl methyl sites for hydroxylation is 1. The van der Waals surface area contributed by atoms with Crippen LogP contribution in [0.1, 0.15) is 30.9 Å². The first-order valence-electron chi connectivity index (χ1n) is 8.70. The number of fused-ring (bicyclic) bond motifs is 4. The molecular weight excluding hydrogens is 332 g/mol. The van der Waals surface area contributed by atoms with E-state index in [1.54, 1.807) is 6.92 Å². The number of nitrogens with two attached hydrogens (primary N) is 1. The molecule has 7 nitrogen and oxygen atoms in total. The summed E-state index contributed by atoms with van der Waals surface area (Å²) in [6, 6.07) is 8.15. The van der Waals surface area contributed by atoms with Crippen molar-refractivity contribution in [1.29, 1.82) is 0 Å². The molecule has 3 N–H and O–H groups in total. The topological polar surface area (TPSA) is 101 Å². The van der Waals surface area contributed by atoms with Crippen LogP contribution >= 0.6 is 0 Å². The molecule has 134 valence electrons. The van der Waals surface area contributed by atoms with Gasteiger partial charge in [-0.25, -0.2) is 9.98 Å². The maximum Gasteiger partial charge on any atom is 0.289 e. The Morgan fingerprint density at radius 1 is 1.38 bits per heavy atom. The molecule has 0 saturated carbocycles. The number of amides is 1. The van der Waals surface area contributed by atoms with E-state index in [9.17, 15) is 9.90 Å². The standard InChI is InChI=1S/C19H20N4O3/c1-2-26-19(25)14-16(20)22-17-13-9-5-7-11-6-3-4-8-12(11)15(13)21-10-23(17)18(14)24/h3-4,6,8,10,16,25H,2,5,7,9,20H2,1H3/b19-14+. The number of rotatable bonds is 2. The second-order valence-corrected chi connectivity index (χ2v) is 6.31. The lowest BCUT2D eigenvalue weighted by Crippen LogP contribution is -2.49. The Hall–Kier alpha value is -2.93. The minimum absolute atomic E-state index is 0.0554. The molecule has 0 aromatic heterocycles. The minimum Gasteiger partial charge on any atom is -0.481 e. The lowest BCUT2D eigenvalue weighted by atomic mass is 9.99. The molecule has 0 spiro atoms. The second-order valence-electron chi connectivity index (χ2n) is 6.31. The zero-order chi connectivity index (χ0) is 18.3. The smallest absolute Gasteiger partial charge is 0.289 e. The Kier molecular flexibility index (Phi) is 4.08. The summed E-state index contributed by atoms with van der Waals surface area (Å²) in [6.45, 7) is 1.94. The van der Waals surface area contributed by atoms with E-state index in [2.05, 4.69) is 16.1 Å². The van der Waals surface area contributed by atoms with Crippen molar-refractivity contribution in [2.45, 2.75) is 32.4 Å². The normalized spacial score (nSPS) is 23.6. The van der Waals surface area contributed by atoms with Gasteiger partial charge in [-0.1, -0.05) is 24.3 Å². The molecule has 1 amide bonds. The number of amidine groups is 1. The van der Waals surface area contributed by atoms with Gasteiger partial charge in [0.1, 0.15) is 23.9 Å². The van der Waals surface area contributed by atoms with Crippen molar-refractivity contribution < 1.29 is 14.6 Å². The van der Waals surface area contributed by atoms with Crippen LogP contribution in [0.3, 0.4) is 0 Å². The highest BCUT2D eigenvalue weighted by Gasteiger charge is 2.39. The summed E-state index contributed by atoms with van der Waals surface area (Å²) in [5, 5.41) is 10.0. The van der Waals surface area contributed by atoms with Crippen LogP contribution in [0.15, 0.2) is 51.3 Å². The maximum absolute atomic E-state index is 12.8. The summed E-state index contributed by atoms with van der Waals surface area (Å²) in [6.07, 6.45) is 3.12. The van der Waals surface area contributed by atoms with Gasteiger partial charge in [-0.3, -0.25) is 9.69 Å². The lowest BCUT2D eigenvalue weighted by Gasteiger charge is -2.32. The van der Waals surface area contributed by atoms with Crippen LogP contribution in [-0.2, 0) is 16.0 Å². The molecule has 1 unspecified atom stereocenters. The summed E-state index contributed by atoms with van der Waals surface area (Å²) in [5.41, 5.74) is 10.1. The molecule has 1 aromatic carbocycles. The Bertz CT molecular complexity index is 898. The molecule has 1 atom stereocenters. The van der Waals surface area contributed by atoms with Crippen LogP contribution in [0.2, 0.25) is 0 Å². The molecule has 0 bridgehead atoms. The number of hydrogen-bond acceptors (Lipinski definition) is 6. The Morgan fingerprint density at radius 3 is 3.00 bits per heavy atom. The van der Waals surface area contributed by atoms with Gasteiger partial charge in [0.2, 0.25) is 0 Å². The van der Waals surface area contributed by atoms with Crippen LogP contribution in [0.5, 0.6) is 0 Å². The van der Waals surface area contributed by atoms with Gasteiger partial charge in [0.25, 0.3) is 11.9 Å². The first-order valence-corrected chi connectivity index (χ1v) is 8.70. The lowest BCUT2D eigenvalue weighted by molar-refractivity contribution is -0.122. The van der Waals surface area contributed by atoms with E-state index >= 15 is 0 Å². The largest absolute Gasteiger partial charge is 0.481 e. The second kappa shape index (κ2) is 6.42. The van der Waals surface area contributed by atoms with E-state index in [1.165, 1.54) is 16.8 Å². The van der Waals surface area contributed by atoms with Crippen LogP contribution in [0, 0.1) is 0 Å². The van der Waals surface area contributed by atoms with Gasteiger partial charge in [0.05, 0.1) is 12.3 Å². The highest BCUT2D eigenvalue weighted by atomic mass is 16.6. The van der Waals surface area contributed by atoms with Gasteiger partial charge in [-0.15, -0.1) is 0 Å². The average molecular weight is 352 g/mol. The van der Waals surface area contributed by atoms with Gasteiger partial charge >= 0.3 is 0 Å². The molecule has 2 aliphatic heterocycles. The number of ether oxygens (including phenoxy) is 1. The molecule has 3 aliphatic rings. The number of carbonyl (C=O) groups excluding carboxylic acids is 1. The fraction of sp³-hybridized carbons (Fsp3) is 0.316. The summed E-state index contributed by atoms with van der Waals surface area (Å²) in [7, 11) is 0. The zero-order valence-corrected chi connectivity index (χ0v) is 14.5. The fourth-order valence-corrected chi connectivity index (χ4v) is 3.56. The Labute approximate surface area is 151 Å². The quantitative estimate of drug-likeness (QED) is 0.629. The van der Waals surface area contributed by atoms with Crippen LogP contribution < -0.4 is 5.73 Å². The molecular formula is C19H20N4O3. The number of aliphatic hydroxyl groups excluding tert-OH is 1. The van der Waals surface area contributed by atoms with E-state index in [0.717, 1.165) is 36.1 Å². The number of aliphatic imine (C=N–C) groups is 2. The van der Waals surface area contributed by atoms with E-state index in [0.29, 0.717) is 5.84 Å². The fourth-order valence-electron chi connectivity index (χ4n) is 3.56.